The van der Waals surface area contributed by atoms with Crippen molar-refractivity contribution in [3.05, 3.63) is 35.9 Å². The molecule has 1 saturated heterocycles. The summed E-state index contributed by atoms with van der Waals surface area (Å²) in [5.41, 5.74) is 1.08. The fourth-order valence-corrected chi connectivity index (χ4v) is 3.35. The minimum absolute atomic E-state index is 0.0673. The van der Waals surface area contributed by atoms with Gasteiger partial charge in [0.05, 0.1) is 5.92 Å². The Bertz CT molecular complexity index is 553. The van der Waals surface area contributed by atoms with Crippen molar-refractivity contribution >= 4 is 11.8 Å². The molecule has 5 nitrogen and oxygen atoms in total. The Hall–Kier alpha value is -1.88. The highest BCUT2D eigenvalue weighted by atomic mass is 16.5. The van der Waals surface area contributed by atoms with Gasteiger partial charge in [0.2, 0.25) is 11.8 Å². The Morgan fingerprint density at radius 1 is 1.20 bits per heavy atom. The number of benzene rings is 1. The highest BCUT2D eigenvalue weighted by molar-refractivity contribution is 5.84. The van der Waals surface area contributed by atoms with Gasteiger partial charge in [-0.1, -0.05) is 37.3 Å². The van der Waals surface area contributed by atoms with Crippen molar-refractivity contribution in [2.75, 3.05) is 19.7 Å². The zero-order chi connectivity index (χ0) is 18.2. The molecule has 2 rings (SSSR count). The van der Waals surface area contributed by atoms with Crippen LogP contribution in [0.15, 0.2) is 30.3 Å². The van der Waals surface area contributed by atoms with Gasteiger partial charge in [0.1, 0.15) is 6.10 Å². The molecule has 2 atom stereocenters. The topological polar surface area (TPSA) is 58.6 Å². The number of likely N-dealkylation sites (tertiary alicyclic amines) is 1. The van der Waals surface area contributed by atoms with Gasteiger partial charge in [-0.05, 0) is 38.7 Å². The van der Waals surface area contributed by atoms with E-state index in [4.69, 9.17) is 4.74 Å². The predicted molar refractivity (Wildman–Crippen MR) is 98.3 cm³/mol. The molecule has 1 aliphatic rings. The van der Waals surface area contributed by atoms with Gasteiger partial charge in [0, 0.05) is 25.7 Å². The molecular formula is C20H30N2O3. The molecule has 1 fully saturated rings. The number of hydrogen-bond donors (Lipinski definition) is 1. The predicted octanol–water partition coefficient (Wildman–Crippen LogP) is 2.71. The molecule has 2 unspecified atom stereocenters. The number of ether oxygens (including phenoxy) is 1. The largest absolute Gasteiger partial charge is 0.369 e. The molecule has 1 N–H and O–H groups in total. The van der Waals surface area contributed by atoms with Gasteiger partial charge in [-0.25, -0.2) is 0 Å². The van der Waals surface area contributed by atoms with Crippen LogP contribution in [0.5, 0.6) is 0 Å². The van der Waals surface area contributed by atoms with Crippen molar-refractivity contribution in [3.63, 3.8) is 0 Å². The number of amides is 2. The quantitative estimate of drug-likeness (QED) is 0.826. The molecule has 0 spiro atoms. The van der Waals surface area contributed by atoms with Crippen molar-refractivity contribution in [1.82, 2.24) is 10.2 Å². The second-order valence-corrected chi connectivity index (χ2v) is 6.58. The van der Waals surface area contributed by atoms with E-state index in [9.17, 15) is 9.59 Å². The molecular weight excluding hydrogens is 316 g/mol. The molecule has 138 valence electrons. The normalized spacial score (nSPS) is 17.8. The van der Waals surface area contributed by atoms with Crippen LogP contribution in [-0.2, 0) is 14.3 Å². The minimum Gasteiger partial charge on any atom is -0.369 e. The van der Waals surface area contributed by atoms with Gasteiger partial charge in [-0.15, -0.1) is 0 Å². The van der Waals surface area contributed by atoms with Crippen molar-refractivity contribution in [1.29, 1.82) is 0 Å². The molecule has 25 heavy (non-hydrogen) atoms. The summed E-state index contributed by atoms with van der Waals surface area (Å²) >= 11 is 0. The first-order valence-electron chi connectivity index (χ1n) is 9.32. The number of piperidine rings is 1. The van der Waals surface area contributed by atoms with Gasteiger partial charge in [-0.3, -0.25) is 9.59 Å². The van der Waals surface area contributed by atoms with Crippen LogP contribution in [-0.4, -0.2) is 48.6 Å². The number of carbonyl (C=O) groups excluding carboxylic acids is 2. The average Bonchev–Trinajstić information content (AvgIpc) is 2.64. The molecule has 0 aromatic heterocycles. The summed E-state index contributed by atoms with van der Waals surface area (Å²) in [6, 6.07) is 10.1. The first-order chi connectivity index (χ1) is 12.1. The first kappa shape index (κ1) is 19.4. The van der Waals surface area contributed by atoms with Crippen molar-refractivity contribution in [2.24, 2.45) is 0 Å². The number of nitrogens with one attached hydrogen (secondary N) is 1. The van der Waals surface area contributed by atoms with Crippen molar-refractivity contribution < 1.29 is 14.3 Å². The van der Waals surface area contributed by atoms with E-state index in [1.165, 1.54) is 0 Å². The van der Waals surface area contributed by atoms with Gasteiger partial charge in [-0.2, -0.15) is 0 Å². The summed E-state index contributed by atoms with van der Waals surface area (Å²) in [7, 11) is 0. The molecule has 5 heteroatoms. The van der Waals surface area contributed by atoms with Crippen LogP contribution in [0.2, 0.25) is 0 Å². The highest BCUT2D eigenvalue weighted by Gasteiger charge is 2.29. The molecule has 1 aromatic rings. The molecule has 0 radical (unpaired) electrons. The third-order valence-electron chi connectivity index (χ3n) is 4.85. The zero-order valence-electron chi connectivity index (χ0n) is 15.5. The summed E-state index contributed by atoms with van der Waals surface area (Å²) in [5, 5.41) is 3.04. The summed E-state index contributed by atoms with van der Waals surface area (Å²) < 4.78 is 5.32. The molecule has 0 aliphatic carbocycles. The van der Waals surface area contributed by atoms with E-state index in [0.29, 0.717) is 19.7 Å². The summed E-state index contributed by atoms with van der Waals surface area (Å²) in [5.74, 6) is 0.0498. The van der Waals surface area contributed by atoms with Crippen LogP contribution in [0.3, 0.4) is 0 Å². The van der Waals surface area contributed by atoms with E-state index in [1.54, 1.807) is 6.92 Å². The fraction of sp³-hybridized carbons (Fsp3) is 0.600. The van der Waals surface area contributed by atoms with Crippen LogP contribution in [0.4, 0.5) is 0 Å². The lowest BCUT2D eigenvalue weighted by Gasteiger charge is -2.35. The Kier molecular flexibility index (Phi) is 7.44. The van der Waals surface area contributed by atoms with E-state index < -0.39 is 6.10 Å². The third-order valence-corrected chi connectivity index (χ3v) is 4.85. The average molecular weight is 346 g/mol. The molecule has 2 amide bonds. The van der Waals surface area contributed by atoms with E-state index >= 15 is 0 Å². The molecule has 1 heterocycles. The lowest BCUT2D eigenvalue weighted by Crippen LogP contribution is -2.49. The number of rotatable bonds is 7. The van der Waals surface area contributed by atoms with E-state index in [-0.39, 0.29) is 23.8 Å². The number of hydrogen-bond acceptors (Lipinski definition) is 3. The summed E-state index contributed by atoms with van der Waals surface area (Å²) in [6.07, 6.45) is 1.96. The van der Waals surface area contributed by atoms with Crippen LogP contribution in [0.25, 0.3) is 0 Å². The summed E-state index contributed by atoms with van der Waals surface area (Å²) in [4.78, 5) is 26.9. The lowest BCUT2D eigenvalue weighted by atomic mass is 9.93. The maximum atomic E-state index is 12.9. The summed E-state index contributed by atoms with van der Waals surface area (Å²) in [6.45, 7) is 7.61. The zero-order valence-corrected chi connectivity index (χ0v) is 15.5. The highest BCUT2D eigenvalue weighted by Crippen LogP contribution is 2.24. The maximum absolute atomic E-state index is 12.9. The SMILES string of the molecule is CCOC(C)C(=O)NC1CCN(C(=O)C(CC)c2ccccc2)CC1. The standard InChI is InChI=1S/C20H30N2O3/c1-4-18(16-9-7-6-8-10-16)20(24)22-13-11-17(12-14-22)21-19(23)15(3)25-5-2/h6-10,15,17-18H,4-5,11-14H2,1-3H3,(H,21,23). The van der Waals surface area contributed by atoms with Crippen molar-refractivity contribution in [2.45, 2.75) is 58.1 Å². The van der Waals surface area contributed by atoms with Crippen LogP contribution < -0.4 is 5.32 Å². The van der Waals surface area contributed by atoms with E-state index in [2.05, 4.69) is 12.2 Å². The second kappa shape index (κ2) is 9.56. The van der Waals surface area contributed by atoms with E-state index in [0.717, 1.165) is 24.8 Å². The third kappa shape index (κ3) is 5.30. The number of carbonyl (C=O) groups is 2. The van der Waals surface area contributed by atoms with Crippen molar-refractivity contribution in [3.8, 4) is 0 Å². The van der Waals surface area contributed by atoms with Gasteiger partial charge in [0.25, 0.3) is 0 Å². The Labute approximate surface area is 150 Å². The lowest BCUT2D eigenvalue weighted by molar-refractivity contribution is -0.135. The minimum atomic E-state index is -0.424. The van der Waals surface area contributed by atoms with Gasteiger partial charge in [0.15, 0.2) is 0 Å². The van der Waals surface area contributed by atoms with Crippen LogP contribution in [0.1, 0.15) is 51.5 Å². The monoisotopic (exact) mass is 346 g/mol. The molecule has 0 bridgehead atoms. The Morgan fingerprint density at radius 2 is 1.84 bits per heavy atom. The first-order valence-corrected chi connectivity index (χ1v) is 9.32. The molecule has 0 saturated carbocycles. The van der Waals surface area contributed by atoms with Crippen LogP contribution in [0, 0.1) is 0 Å². The van der Waals surface area contributed by atoms with Gasteiger partial charge < -0.3 is 15.0 Å². The fourth-order valence-electron chi connectivity index (χ4n) is 3.35. The molecule has 1 aliphatic heterocycles. The maximum Gasteiger partial charge on any atom is 0.249 e. The van der Waals surface area contributed by atoms with Gasteiger partial charge >= 0.3 is 0 Å². The second-order valence-electron chi connectivity index (χ2n) is 6.58. The molecule has 1 aromatic carbocycles. The van der Waals surface area contributed by atoms with Crippen LogP contribution >= 0.6 is 0 Å². The Balaban J connectivity index is 1.86. The number of nitrogens with zero attached hydrogens (tertiary/aromatic N) is 1. The van der Waals surface area contributed by atoms with E-state index in [1.807, 2.05) is 42.2 Å². The smallest absolute Gasteiger partial charge is 0.249 e. The Morgan fingerprint density at radius 3 is 2.40 bits per heavy atom.